The van der Waals surface area contributed by atoms with Crippen molar-refractivity contribution >= 4 is 17.8 Å². The number of ether oxygens (including phenoxy) is 2. The molecule has 146 valence electrons. The molecule has 1 aromatic heterocycles. The molecule has 6 nitrogen and oxygen atoms in total. The number of benzene rings is 1. The number of hydrogen-bond donors (Lipinski definition) is 1. The topological polar surface area (TPSA) is 92.2 Å². The van der Waals surface area contributed by atoms with Crippen molar-refractivity contribution < 1.29 is 27.8 Å². The first-order valence-electron chi connectivity index (χ1n) is 8.36. The molecular formula is C20H18F2N2O4. The maximum Gasteiger partial charge on any atom is 0.387 e. The Kier molecular flexibility index (Phi) is 6.66. The van der Waals surface area contributed by atoms with Gasteiger partial charge in [-0.2, -0.15) is 14.0 Å². The average Bonchev–Trinajstić information content (AvgIpc) is 2.94. The summed E-state index contributed by atoms with van der Waals surface area (Å²) >= 11 is 0. The number of hydrogen-bond acceptors (Lipinski definition) is 5. The van der Waals surface area contributed by atoms with Gasteiger partial charge in [-0.15, -0.1) is 0 Å². The number of esters is 1. The van der Waals surface area contributed by atoms with Gasteiger partial charge in [0.05, 0.1) is 17.7 Å². The number of alkyl halides is 2. The Morgan fingerprint density at radius 1 is 1.18 bits per heavy atom. The van der Waals surface area contributed by atoms with Gasteiger partial charge in [0.25, 0.3) is 0 Å². The molecule has 1 heterocycles. The summed E-state index contributed by atoms with van der Waals surface area (Å²) in [6, 6.07) is 7.29. The van der Waals surface area contributed by atoms with E-state index >= 15 is 0 Å². The van der Waals surface area contributed by atoms with Crippen LogP contribution in [-0.2, 0) is 4.74 Å². The quantitative estimate of drug-likeness (QED) is 0.332. The zero-order valence-corrected chi connectivity index (χ0v) is 15.5. The maximum atomic E-state index is 12.9. The normalized spacial score (nSPS) is 11.2. The van der Waals surface area contributed by atoms with Gasteiger partial charge in [-0.1, -0.05) is 12.1 Å². The summed E-state index contributed by atoms with van der Waals surface area (Å²) in [5.41, 5.74) is 1.29. The summed E-state index contributed by atoms with van der Waals surface area (Å²) in [4.78, 5) is 28.1. The van der Waals surface area contributed by atoms with E-state index in [0.717, 1.165) is 0 Å². The molecule has 2 aromatic rings. The molecule has 0 aliphatic heterocycles. The van der Waals surface area contributed by atoms with E-state index < -0.39 is 18.4 Å². The molecule has 0 amide bonds. The average molecular weight is 388 g/mol. The second-order valence-corrected chi connectivity index (χ2v) is 5.79. The Labute approximate surface area is 160 Å². The number of allylic oxidation sites excluding steroid dienone is 1. The second-order valence-electron chi connectivity index (χ2n) is 5.79. The van der Waals surface area contributed by atoms with Gasteiger partial charge in [0.2, 0.25) is 5.78 Å². The molecule has 0 fully saturated rings. The predicted molar refractivity (Wildman–Crippen MR) is 97.2 cm³/mol. The molecule has 0 aliphatic carbocycles. The molecule has 28 heavy (non-hydrogen) atoms. The molecule has 0 bridgehead atoms. The minimum Gasteiger partial charge on any atom is -0.462 e. The third-order valence-corrected chi connectivity index (χ3v) is 3.86. The smallest absolute Gasteiger partial charge is 0.387 e. The van der Waals surface area contributed by atoms with Gasteiger partial charge in [-0.3, -0.25) is 4.79 Å². The van der Waals surface area contributed by atoms with E-state index in [1.165, 1.54) is 30.3 Å². The lowest BCUT2D eigenvalue weighted by atomic mass is 9.98. The second kappa shape index (κ2) is 8.95. The van der Waals surface area contributed by atoms with E-state index in [4.69, 9.17) is 4.74 Å². The van der Waals surface area contributed by atoms with E-state index in [-0.39, 0.29) is 29.1 Å². The maximum absolute atomic E-state index is 12.9. The van der Waals surface area contributed by atoms with Gasteiger partial charge >= 0.3 is 12.6 Å². The number of H-pyrrole nitrogens is 1. The van der Waals surface area contributed by atoms with Crippen LogP contribution in [0.15, 0.2) is 29.8 Å². The molecule has 0 saturated carbocycles. The van der Waals surface area contributed by atoms with Crippen molar-refractivity contribution in [3.8, 4) is 11.8 Å². The fraction of sp³-hybridized carbons (Fsp3) is 0.250. The van der Waals surface area contributed by atoms with Crippen LogP contribution < -0.4 is 4.74 Å². The minimum absolute atomic E-state index is 0.0429. The van der Waals surface area contributed by atoms with Crippen molar-refractivity contribution in [2.75, 3.05) is 6.61 Å². The number of Topliss-reactive ketones (excluding diaryl/α,β-unsaturated/α-hetero) is 1. The number of carbonyl (C=O) groups excluding carboxylic acids is 2. The summed E-state index contributed by atoms with van der Waals surface area (Å²) in [6.07, 6.45) is 1.31. The minimum atomic E-state index is -2.95. The van der Waals surface area contributed by atoms with Crippen molar-refractivity contribution in [1.29, 1.82) is 5.26 Å². The highest BCUT2D eigenvalue weighted by molar-refractivity contribution is 6.19. The van der Waals surface area contributed by atoms with Gasteiger partial charge in [0.15, 0.2) is 0 Å². The van der Waals surface area contributed by atoms with Crippen LogP contribution in [0.3, 0.4) is 0 Å². The van der Waals surface area contributed by atoms with Crippen LogP contribution in [-0.4, -0.2) is 30.0 Å². The number of carbonyl (C=O) groups is 2. The van der Waals surface area contributed by atoms with E-state index in [2.05, 4.69) is 9.72 Å². The van der Waals surface area contributed by atoms with Crippen molar-refractivity contribution in [2.24, 2.45) is 0 Å². The van der Waals surface area contributed by atoms with Crippen LogP contribution in [0.1, 0.15) is 44.6 Å². The summed E-state index contributed by atoms with van der Waals surface area (Å²) in [5, 5.41) is 9.43. The summed E-state index contributed by atoms with van der Waals surface area (Å²) < 4.78 is 33.7. The highest BCUT2D eigenvalue weighted by Crippen LogP contribution is 2.24. The first-order valence-corrected chi connectivity index (χ1v) is 8.36. The SMILES string of the molecule is CCOC(=O)c1c(C)[nH]c(C)c1C(=O)C(C#N)=Cc1ccc(OC(F)F)cc1. The molecule has 0 radical (unpaired) electrons. The van der Waals surface area contributed by atoms with Crippen LogP contribution in [0.4, 0.5) is 8.78 Å². The van der Waals surface area contributed by atoms with Crippen molar-refractivity contribution in [3.05, 3.63) is 57.9 Å². The van der Waals surface area contributed by atoms with Crippen LogP contribution in [0, 0.1) is 25.2 Å². The predicted octanol–water partition coefficient (Wildman–Crippen LogP) is 4.20. The lowest BCUT2D eigenvalue weighted by Crippen LogP contribution is -2.13. The largest absolute Gasteiger partial charge is 0.462 e. The number of aryl methyl sites for hydroxylation is 2. The molecule has 0 aliphatic rings. The number of aromatic amines is 1. The third kappa shape index (κ3) is 4.62. The molecule has 0 saturated heterocycles. The highest BCUT2D eigenvalue weighted by atomic mass is 19.3. The van der Waals surface area contributed by atoms with Crippen molar-refractivity contribution in [3.63, 3.8) is 0 Å². The number of nitrogens with zero attached hydrogens (tertiary/aromatic N) is 1. The zero-order valence-electron chi connectivity index (χ0n) is 15.5. The van der Waals surface area contributed by atoms with Crippen LogP contribution >= 0.6 is 0 Å². The van der Waals surface area contributed by atoms with Gasteiger partial charge < -0.3 is 14.5 Å². The fourth-order valence-corrected chi connectivity index (χ4v) is 2.72. The molecule has 2 rings (SSSR count). The molecule has 8 heteroatoms. The number of nitriles is 1. The Morgan fingerprint density at radius 3 is 2.32 bits per heavy atom. The molecule has 0 atom stereocenters. The number of nitrogens with one attached hydrogen (secondary N) is 1. The summed E-state index contributed by atoms with van der Waals surface area (Å²) in [7, 11) is 0. The van der Waals surface area contributed by atoms with Crippen LogP contribution in [0.2, 0.25) is 0 Å². The summed E-state index contributed by atoms with van der Waals surface area (Å²) in [6.45, 7) is 2.10. The number of halogens is 2. The van der Waals surface area contributed by atoms with Crippen molar-refractivity contribution in [1.82, 2.24) is 4.98 Å². The van der Waals surface area contributed by atoms with Crippen LogP contribution in [0.25, 0.3) is 6.08 Å². The Hall–Kier alpha value is -3.47. The lowest BCUT2D eigenvalue weighted by molar-refractivity contribution is -0.0498. The lowest BCUT2D eigenvalue weighted by Gasteiger charge is -2.06. The van der Waals surface area contributed by atoms with Gasteiger partial charge in [0, 0.05) is 11.4 Å². The highest BCUT2D eigenvalue weighted by Gasteiger charge is 2.27. The monoisotopic (exact) mass is 388 g/mol. The number of ketones is 1. The Morgan fingerprint density at radius 2 is 1.79 bits per heavy atom. The van der Waals surface area contributed by atoms with Crippen LogP contribution in [0.5, 0.6) is 5.75 Å². The molecule has 1 N–H and O–H groups in total. The first kappa shape index (κ1) is 20.8. The van der Waals surface area contributed by atoms with E-state index in [1.54, 1.807) is 20.8 Å². The number of rotatable bonds is 7. The van der Waals surface area contributed by atoms with Gasteiger partial charge in [-0.05, 0) is 44.5 Å². The fourth-order valence-electron chi connectivity index (χ4n) is 2.72. The molecule has 1 aromatic carbocycles. The molecule has 0 unspecified atom stereocenters. The van der Waals surface area contributed by atoms with E-state index in [0.29, 0.717) is 17.0 Å². The van der Waals surface area contributed by atoms with E-state index in [1.807, 2.05) is 6.07 Å². The molecular weight excluding hydrogens is 370 g/mol. The van der Waals surface area contributed by atoms with Gasteiger partial charge in [-0.25, -0.2) is 4.79 Å². The van der Waals surface area contributed by atoms with Crippen molar-refractivity contribution in [2.45, 2.75) is 27.4 Å². The van der Waals surface area contributed by atoms with Gasteiger partial charge in [0.1, 0.15) is 17.4 Å². The summed E-state index contributed by atoms with van der Waals surface area (Å²) in [5.74, 6) is -1.34. The molecule has 0 spiro atoms. The Bertz CT molecular complexity index is 954. The Balaban J connectivity index is 2.40. The zero-order chi connectivity index (χ0) is 20.8. The standard InChI is InChI=1S/C20H18F2N2O4/c1-4-27-19(26)17-12(3)24-11(2)16(17)18(25)14(10-23)9-13-5-7-15(8-6-13)28-20(21)22/h5-9,20,24H,4H2,1-3H3. The van der Waals surface area contributed by atoms with E-state index in [9.17, 15) is 23.6 Å². The third-order valence-electron chi connectivity index (χ3n) is 3.86. The number of aromatic nitrogens is 1. The first-order chi connectivity index (χ1) is 13.3.